The van der Waals surface area contributed by atoms with Crippen LogP contribution in [0.15, 0.2) is 35.3 Å². The van der Waals surface area contributed by atoms with Gasteiger partial charge in [-0.15, -0.1) is 0 Å². The van der Waals surface area contributed by atoms with Crippen molar-refractivity contribution in [2.24, 2.45) is 29.1 Å². The molecule has 0 spiro atoms. The zero-order chi connectivity index (χ0) is 17.4. The number of ether oxygens (including phenoxy) is 1. The van der Waals surface area contributed by atoms with Crippen molar-refractivity contribution >= 4 is 0 Å². The lowest BCUT2D eigenvalue weighted by molar-refractivity contribution is 0.0131. The second-order valence-electron chi connectivity index (χ2n) is 9.08. The molecule has 0 aromatic carbocycles. The lowest BCUT2D eigenvalue weighted by Crippen LogP contribution is -2.43. The van der Waals surface area contributed by atoms with Gasteiger partial charge < -0.3 is 9.84 Å². The highest BCUT2D eigenvalue weighted by Gasteiger charge is 2.52. The number of unbranched alkanes of at least 4 members (excludes halogenated alkanes) is 2. The molecule has 2 heteroatoms. The van der Waals surface area contributed by atoms with Crippen molar-refractivity contribution in [1.29, 1.82) is 0 Å². The van der Waals surface area contributed by atoms with Crippen molar-refractivity contribution in [3.63, 3.8) is 0 Å². The normalized spacial score (nSPS) is 39.5. The van der Waals surface area contributed by atoms with E-state index in [4.69, 9.17) is 4.74 Å². The molecule has 25 heavy (non-hydrogen) atoms. The van der Waals surface area contributed by atoms with Gasteiger partial charge in [-0.25, -0.2) is 0 Å². The van der Waals surface area contributed by atoms with E-state index < -0.39 is 0 Å². The fraction of sp³-hybridized carbons (Fsp3) is 0.739. The third-order valence-electron chi connectivity index (χ3n) is 7.67. The van der Waals surface area contributed by atoms with Gasteiger partial charge in [-0.2, -0.15) is 0 Å². The first-order valence-corrected chi connectivity index (χ1v) is 10.6. The van der Waals surface area contributed by atoms with Crippen molar-refractivity contribution in [2.45, 2.75) is 71.6 Å². The molecule has 1 N–H and O–H groups in total. The average molecular weight is 343 g/mol. The van der Waals surface area contributed by atoms with Crippen LogP contribution in [0.2, 0.25) is 0 Å². The maximum absolute atomic E-state index is 11.0. The van der Waals surface area contributed by atoms with Crippen LogP contribution in [0.3, 0.4) is 0 Å². The summed E-state index contributed by atoms with van der Waals surface area (Å²) in [6.07, 6.45) is 18.1. The summed E-state index contributed by atoms with van der Waals surface area (Å²) < 4.78 is 5.95. The molecule has 138 valence electrons. The molecule has 0 bridgehead atoms. The monoisotopic (exact) mass is 342 g/mol. The lowest BCUT2D eigenvalue weighted by atomic mass is 9.54. The summed E-state index contributed by atoms with van der Waals surface area (Å²) >= 11 is 0. The Labute approximate surface area is 153 Å². The molecular formula is C23H34O2. The second kappa shape index (κ2) is 6.85. The van der Waals surface area contributed by atoms with Gasteiger partial charge in [0, 0.05) is 5.92 Å². The van der Waals surface area contributed by atoms with Crippen LogP contribution in [0.1, 0.15) is 71.6 Å². The molecule has 0 radical (unpaired) electrons. The predicted molar refractivity (Wildman–Crippen MR) is 102 cm³/mol. The topological polar surface area (TPSA) is 29.5 Å². The molecule has 4 aliphatic rings. The summed E-state index contributed by atoms with van der Waals surface area (Å²) in [6.45, 7) is 5.45. The van der Waals surface area contributed by atoms with E-state index in [2.05, 4.69) is 26.0 Å². The Morgan fingerprint density at radius 1 is 1.16 bits per heavy atom. The Bertz CT molecular complexity index is 599. The minimum absolute atomic E-state index is 0.190. The third kappa shape index (κ3) is 2.96. The molecule has 0 aromatic heterocycles. The highest BCUT2D eigenvalue weighted by atomic mass is 16.5. The molecule has 0 amide bonds. The molecule has 0 unspecified atom stereocenters. The number of hydrogen-bond donors (Lipinski definition) is 1. The molecule has 0 aromatic rings. The number of aliphatic hydroxyl groups is 1. The van der Waals surface area contributed by atoms with Gasteiger partial charge in [0.25, 0.3) is 0 Å². The van der Waals surface area contributed by atoms with Gasteiger partial charge in [0.1, 0.15) is 5.76 Å². The van der Waals surface area contributed by atoms with E-state index in [1.54, 1.807) is 0 Å². The Balaban J connectivity index is 1.54. The predicted octanol–water partition coefficient (Wildman–Crippen LogP) is 6.31. The van der Waals surface area contributed by atoms with Gasteiger partial charge in [0.05, 0.1) is 6.61 Å². The number of allylic oxidation sites excluding steroid dienone is 4. The zero-order valence-electron chi connectivity index (χ0n) is 16.0. The quantitative estimate of drug-likeness (QED) is 0.593. The average Bonchev–Trinajstić information content (AvgIpc) is 3.02. The first-order chi connectivity index (χ1) is 12.1. The van der Waals surface area contributed by atoms with Crippen LogP contribution in [-0.2, 0) is 4.74 Å². The smallest absolute Gasteiger partial charge is 0.157 e. The molecule has 2 saturated carbocycles. The number of rotatable bonds is 5. The van der Waals surface area contributed by atoms with Crippen LogP contribution in [0.4, 0.5) is 0 Å². The Hall–Kier alpha value is -1.18. The molecule has 4 rings (SSSR count). The summed E-state index contributed by atoms with van der Waals surface area (Å²) in [5.74, 6) is 3.66. The van der Waals surface area contributed by atoms with Gasteiger partial charge in [0.15, 0.2) is 5.76 Å². The molecule has 5 atom stereocenters. The third-order valence-corrected chi connectivity index (χ3v) is 7.67. The van der Waals surface area contributed by atoms with E-state index in [0.717, 1.165) is 30.6 Å². The van der Waals surface area contributed by atoms with Crippen molar-refractivity contribution < 1.29 is 9.84 Å². The molecule has 2 nitrogen and oxygen atoms in total. The van der Waals surface area contributed by atoms with Gasteiger partial charge in [0.2, 0.25) is 0 Å². The minimum Gasteiger partial charge on any atom is -0.508 e. The summed E-state index contributed by atoms with van der Waals surface area (Å²) in [7, 11) is 0. The Morgan fingerprint density at radius 2 is 2.04 bits per heavy atom. The van der Waals surface area contributed by atoms with Crippen molar-refractivity contribution in [2.75, 3.05) is 6.61 Å². The molecule has 0 heterocycles. The van der Waals surface area contributed by atoms with Crippen LogP contribution in [-0.4, -0.2) is 11.7 Å². The van der Waals surface area contributed by atoms with Crippen molar-refractivity contribution in [1.82, 2.24) is 0 Å². The van der Waals surface area contributed by atoms with Crippen LogP contribution >= 0.6 is 0 Å². The van der Waals surface area contributed by atoms with E-state index >= 15 is 0 Å². The molecule has 0 saturated heterocycles. The summed E-state index contributed by atoms with van der Waals surface area (Å²) in [5, 5.41) is 11.0. The van der Waals surface area contributed by atoms with Gasteiger partial charge in [-0.3, -0.25) is 0 Å². The number of aliphatic hydroxyl groups excluding tert-OH is 1. The highest BCUT2D eigenvalue weighted by molar-refractivity contribution is 5.41. The molecule has 0 aliphatic heterocycles. The number of hydrogen-bond acceptors (Lipinski definition) is 2. The summed E-state index contributed by atoms with van der Waals surface area (Å²) in [4.78, 5) is 0. The van der Waals surface area contributed by atoms with E-state index in [0.29, 0.717) is 17.1 Å². The van der Waals surface area contributed by atoms with Crippen LogP contribution in [0, 0.1) is 29.1 Å². The highest BCUT2D eigenvalue weighted by Crippen LogP contribution is 2.61. The standard InChI is InChI=1S/C23H34O2/c1-3-4-5-15-25-20-11-9-16-8-10-17-18(21(16)22(20)24)12-14-23(2)13-6-7-19(17)23/h8-9,11,17-19,21,24H,3-7,10,12-15H2,1-2H3/t17-,18+,19+,21+,23+/m1/s1. The minimum atomic E-state index is 0.190. The lowest BCUT2D eigenvalue weighted by Gasteiger charge is -2.51. The zero-order valence-corrected chi connectivity index (χ0v) is 16.0. The van der Waals surface area contributed by atoms with E-state index in [-0.39, 0.29) is 5.92 Å². The van der Waals surface area contributed by atoms with E-state index in [9.17, 15) is 5.11 Å². The maximum Gasteiger partial charge on any atom is 0.157 e. The molecular weight excluding hydrogens is 308 g/mol. The summed E-state index contributed by atoms with van der Waals surface area (Å²) in [5.41, 5.74) is 1.90. The first kappa shape index (κ1) is 17.2. The van der Waals surface area contributed by atoms with Gasteiger partial charge in [-0.05, 0) is 73.3 Å². The second-order valence-corrected chi connectivity index (χ2v) is 9.08. The van der Waals surface area contributed by atoms with Crippen molar-refractivity contribution in [3.8, 4) is 0 Å². The van der Waals surface area contributed by atoms with E-state index in [1.165, 1.54) is 56.9 Å². The largest absolute Gasteiger partial charge is 0.508 e. The Kier molecular flexibility index (Phi) is 4.73. The fourth-order valence-corrected chi connectivity index (χ4v) is 6.31. The molecule has 2 fully saturated rings. The number of fused-ring (bicyclic) bond motifs is 5. The first-order valence-electron chi connectivity index (χ1n) is 10.6. The van der Waals surface area contributed by atoms with Crippen LogP contribution in [0.25, 0.3) is 0 Å². The van der Waals surface area contributed by atoms with Crippen molar-refractivity contribution in [3.05, 3.63) is 35.3 Å². The molecule has 4 aliphatic carbocycles. The SMILES string of the molecule is CCCCCOC1=C(O)[C@H]2C(=CC[C@@H]3[C@@H]2CC[C@]2(C)CCC[C@@H]32)C=C1. The van der Waals surface area contributed by atoms with Crippen LogP contribution in [0.5, 0.6) is 0 Å². The van der Waals surface area contributed by atoms with E-state index in [1.807, 2.05) is 6.08 Å². The fourth-order valence-electron chi connectivity index (χ4n) is 6.31. The summed E-state index contributed by atoms with van der Waals surface area (Å²) in [6, 6.07) is 0. The van der Waals surface area contributed by atoms with Crippen LogP contribution < -0.4 is 0 Å². The Morgan fingerprint density at radius 3 is 2.88 bits per heavy atom. The van der Waals surface area contributed by atoms with Gasteiger partial charge >= 0.3 is 0 Å². The maximum atomic E-state index is 11.0. The van der Waals surface area contributed by atoms with Gasteiger partial charge in [-0.1, -0.05) is 45.3 Å².